The number of hydrogen-bond acceptors (Lipinski definition) is 5. The molecular weight excluding hydrogens is 344 g/mol. The molecule has 1 amide bonds. The van der Waals surface area contributed by atoms with Crippen molar-refractivity contribution in [2.45, 2.75) is 11.3 Å². The van der Waals surface area contributed by atoms with Crippen molar-refractivity contribution in [2.24, 2.45) is 0 Å². The van der Waals surface area contributed by atoms with Crippen molar-refractivity contribution in [3.63, 3.8) is 0 Å². The summed E-state index contributed by atoms with van der Waals surface area (Å²) in [6, 6.07) is 11.8. The minimum absolute atomic E-state index is 0.0667. The van der Waals surface area contributed by atoms with Crippen molar-refractivity contribution in [1.29, 1.82) is 0 Å². The predicted octanol–water partition coefficient (Wildman–Crippen LogP) is 1.55. The number of ether oxygens (including phenoxy) is 2. The monoisotopic (exact) mass is 362 g/mol. The second-order valence-corrected chi connectivity index (χ2v) is 7.22. The summed E-state index contributed by atoms with van der Waals surface area (Å²) in [4.78, 5) is 11.4. The van der Waals surface area contributed by atoms with Gasteiger partial charge in [0.1, 0.15) is 11.5 Å². The summed E-state index contributed by atoms with van der Waals surface area (Å²) in [6.45, 7) is 0.152. The maximum absolute atomic E-state index is 12.4. The third-order valence-corrected chi connectivity index (χ3v) is 5.23. The number of rotatable bonds is 6. The fourth-order valence-corrected chi connectivity index (χ4v) is 3.60. The largest absolute Gasteiger partial charge is 0.496 e. The molecule has 2 aromatic rings. The van der Waals surface area contributed by atoms with Gasteiger partial charge < -0.3 is 14.8 Å². The van der Waals surface area contributed by atoms with Gasteiger partial charge >= 0.3 is 0 Å². The fourth-order valence-electron chi connectivity index (χ4n) is 2.54. The van der Waals surface area contributed by atoms with Gasteiger partial charge in [-0.15, -0.1) is 0 Å². The highest BCUT2D eigenvalue weighted by molar-refractivity contribution is 7.89. The van der Waals surface area contributed by atoms with Crippen LogP contribution in [0.1, 0.15) is 5.56 Å². The van der Waals surface area contributed by atoms with Gasteiger partial charge in [0.25, 0.3) is 5.91 Å². The van der Waals surface area contributed by atoms with E-state index in [4.69, 9.17) is 9.47 Å². The average Bonchev–Trinajstić information content (AvgIpc) is 2.61. The smallest absolute Gasteiger partial charge is 0.262 e. The lowest BCUT2D eigenvalue weighted by molar-refractivity contribution is -0.118. The average molecular weight is 362 g/mol. The Morgan fingerprint density at radius 2 is 2.04 bits per heavy atom. The zero-order chi connectivity index (χ0) is 17.9. The van der Waals surface area contributed by atoms with Gasteiger partial charge in [0.05, 0.1) is 17.7 Å². The van der Waals surface area contributed by atoms with Crippen molar-refractivity contribution >= 4 is 21.6 Å². The minimum Gasteiger partial charge on any atom is -0.496 e. The molecule has 2 N–H and O–H groups in total. The molecule has 8 heteroatoms. The van der Waals surface area contributed by atoms with Crippen LogP contribution in [0, 0.1) is 0 Å². The highest BCUT2D eigenvalue weighted by Gasteiger charge is 2.20. The van der Waals surface area contributed by atoms with Crippen LogP contribution in [0.15, 0.2) is 47.4 Å². The lowest BCUT2D eigenvalue weighted by atomic mass is 10.1. The van der Waals surface area contributed by atoms with Crippen molar-refractivity contribution in [3.8, 4) is 11.5 Å². The van der Waals surface area contributed by atoms with E-state index >= 15 is 0 Å². The number of amides is 1. The Morgan fingerprint density at radius 1 is 1.24 bits per heavy atom. The Labute approximate surface area is 146 Å². The summed E-state index contributed by atoms with van der Waals surface area (Å²) < 4.78 is 37.9. The molecule has 1 aliphatic heterocycles. The van der Waals surface area contributed by atoms with Gasteiger partial charge in [0.2, 0.25) is 10.0 Å². The van der Waals surface area contributed by atoms with Gasteiger partial charge in [-0.3, -0.25) is 4.79 Å². The minimum atomic E-state index is -3.70. The Kier molecular flexibility index (Phi) is 4.91. The van der Waals surface area contributed by atoms with E-state index < -0.39 is 10.0 Å². The van der Waals surface area contributed by atoms with Crippen molar-refractivity contribution < 1.29 is 22.7 Å². The molecule has 0 saturated heterocycles. The first-order valence-electron chi connectivity index (χ1n) is 7.68. The molecule has 0 unspecified atom stereocenters. The van der Waals surface area contributed by atoms with E-state index in [9.17, 15) is 13.2 Å². The topological polar surface area (TPSA) is 93.7 Å². The summed E-state index contributed by atoms with van der Waals surface area (Å²) >= 11 is 0. The molecule has 1 aliphatic rings. The summed E-state index contributed by atoms with van der Waals surface area (Å²) in [5.41, 5.74) is 1.27. The standard InChI is InChI=1S/C17H18N2O5S/c1-23-15-5-3-2-4-12(15)8-9-18-25(21,22)13-6-7-16-14(10-13)19-17(20)11-24-16/h2-7,10,18H,8-9,11H2,1H3,(H,19,20). The predicted molar refractivity (Wildman–Crippen MR) is 92.5 cm³/mol. The molecule has 1 heterocycles. The maximum atomic E-state index is 12.4. The SMILES string of the molecule is COc1ccccc1CCNS(=O)(=O)c1ccc2c(c1)NC(=O)CO2. The number of nitrogens with one attached hydrogen (secondary N) is 2. The first kappa shape index (κ1) is 17.2. The lowest BCUT2D eigenvalue weighted by Crippen LogP contribution is -2.28. The van der Waals surface area contributed by atoms with Crippen LogP contribution in [0.2, 0.25) is 0 Å². The van der Waals surface area contributed by atoms with E-state index in [0.29, 0.717) is 17.9 Å². The summed E-state index contributed by atoms with van der Waals surface area (Å²) in [5.74, 6) is 0.856. The maximum Gasteiger partial charge on any atom is 0.262 e. The van der Waals surface area contributed by atoms with Gasteiger partial charge in [0, 0.05) is 6.54 Å². The number of anilines is 1. The number of sulfonamides is 1. The van der Waals surface area contributed by atoms with Crippen LogP contribution in [0.5, 0.6) is 11.5 Å². The molecule has 0 bridgehead atoms. The first-order valence-corrected chi connectivity index (χ1v) is 9.16. The Bertz CT molecular complexity index is 896. The van der Waals surface area contributed by atoms with Crippen LogP contribution in [0.3, 0.4) is 0 Å². The highest BCUT2D eigenvalue weighted by atomic mass is 32.2. The molecule has 0 saturated carbocycles. The Balaban J connectivity index is 1.70. The lowest BCUT2D eigenvalue weighted by Gasteiger charge is -2.18. The molecule has 0 atom stereocenters. The molecule has 0 radical (unpaired) electrons. The second-order valence-electron chi connectivity index (χ2n) is 5.45. The van der Waals surface area contributed by atoms with E-state index in [2.05, 4.69) is 10.0 Å². The molecule has 0 aliphatic carbocycles. The molecule has 0 spiro atoms. The molecular formula is C17H18N2O5S. The number of methoxy groups -OCH3 is 1. The molecule has 2 aromatic carbocycles. The van der Waals surface area contributed by atoms with E-state index in [1.54, 1.807) is 7.11 Å². The van der Waals surface area contributed by atoms with E-state index in [1.165, 1.54) is 18.2 Å². The molecule has 7 nitrogen and oxygen atoms in total. The van der Waals surface area contributed by atoms with E-state index in [0.717, 1.165) is 11.3 Å². The number of para-hydroxylation sites is 1. The Hall–Kier alpha value is -2.58. The fraction of sp³-hybridized carbons (Fsp3) is 0.235. The van der Waals surface area contributed by atoms with Crippen molar-refractivity contribution in [2.75, 3.05) is 25.6 Å². The van der Waals surface area contributed by atoms with Gasteiger partial charge in [-0.05, 0) is 36.2 Å². The van der Waals surface area contributed by atoms with Crippen LogP contribution in [0.4, 0.5) is 5.69 Å². The van der Waals surface area contributed by atoms with E-state index in [-0.39, 0.29) is 24.0 Å². The summed E-state index contributed by atoms with van der Waals surface area (Å²) in [5, 5.41) is 2.60. The molecule has 0 fully saturated rings. The summed E-state index contributed by atoms with van der Waals surface area (Å²) in [6.07, 6.45) is 0.494. The quantitative estimate of drug-likeness (QED) is 0.813. The van der Waals surface area contributed by atoms with Gasteiger partial charge in [0.15, 0.2) is 6.61 Å². The number of carbonyl (C=O) groups is 1. The molecule has 132 valence electrons. The molecule has 3 rings (SSSR count). The molecule has 0 aromatic heterocycles. The number of carbonyl (C=O) groups excluding carboxylic acids is 1. The van der Waals surface area contributed by atoms with E-state index in [1.807, 2.05) is 24.3 Å². The second kappa shape index (κ2) is 7.12. The van der Waals surface area contributed by atoms with Crippen LogP contribution in [-0.4, -0.2) is 34.6 Å². The van der Waals surface area contributed by atoms with Crippen LogP contribution < -0.4 is 19.5 Å². The van der Waals surface area contributed by atoms with Crippen molar-refractivity contribution in [1.82, 2.24) is 4.72 Å². The first-order chi connectivity index (χ1) is 12.0. The van der Waals surface area contributed by atoms with Gasteiger partial charge in [-0.1, -0.05) is 18.2 Å². The highest BCUT2D eigenvalue weighted by Crippen LogP contribution is 2.30. The normalized spacial score (nSPS) is 13.6. The third-order valence-electron chi connectivity index (χ3n) is 3.77. The Morgan fingerprint density at radius 3 is 2.84 bits per heavy atom. The van der Waals surface area contributed by atoms with Crippen molar-refractivity contribution in [3.05, 3.63) is 48.0 Å². The zero-order valence-electron chi connectivity index (χ0n) is 13.6. The number of hydrogen-bond donors (Lipinski definition) is 2. The zero-order valence-corrected chi connectivity index (χ0v) is 14.4. The molecule has 25 heavy (non-hydrogen) atoms. The van der Waals surface area contributed by atoms with Gasteiger partial charge in [-0.25, -0.2) is 13.1 Å². The number of fused-ring (bicyclic) bond motifs is 1. The van der Waals surface area contributed by atoms with Crippen LogP contribution >= 0.6 is 0 Å². The van der Waals surface area contributed by atoms with Gasteiger partial charge in [-0.2, -0.15) is 0 Å². The van der Waals surface area contributed by atoms with Crippen LogP contribution in [0.25, 0.3) is 0 Å². The summed E-state index contributed by atoms with van der Waals surface area (Å²) in [7, 11) is -2.12. The number of benzene rings is 2. The third kappa shape index (κ3) is 3.92. The van der Waals surface area contributed by atoms with Crippen LogP contribution in [-0.2, 0) is 21.2 Å².